The lowest BCUT2D eigenvalue weighted by atomic mass is 10.1. The molecule has 1 aromatic carbocycles. The fraction of sp³-hybridized carbons (Fsp3) is 0.286. The van der Waals surface area contributed by atoms with Crippen LogP contribution in [0.3, 0.4) is 0 Å². The number of rotatable bonds is 3. The molecule has 0 fully saturated rings. The molecule has 18 heavy (non-hydrogen) atoms. The second kappa shape index (κ2) is 4.61. The quantitative estimate of drug-likeness (QED) is 0.779. The van der Waals surface area contributed by atoms with E-state index < -0.39 is 6.17 Å². The van der Waals surface area contributed by atoms with Gasteiger partial charge in [0.15, 0.2) is 0 Å². The van der Waals surface area contributed by atoms with Crippen LogP contribution >= 0.6 is 0 Å². The van der Waals surface area contributed by atoms with Gasteiger partial charge in [-0.15, -0.1) is 0 Å². The third-order valence-corrected chi connectivity index (χ3v) is 3.07. The van der Waals surface area contributed by atoms with Gasteiger partial charge in [-0.3, -0.25) is 4.79 Å². The Kier molecular flexibility index (Phi) is 3.15. The van der Waals surface area contributed by atoms with Crippen LogP contribution in [0.2, 0.25) is 0 Å². The summed E-state index contributed by atoms with van der Waals surface area (Å²) in [6.45, 7) is 3.43. The number of nitrogens with zero attached hydrogens (tertiary/aromatic N) is 2. The van der Waals surface area contributed by atoms with Crippen LogP contribution in [0.25, 0.3) is 10.9 Å². The maximum absolute atomic E-state index is 13.2. The molecule has 0 amide bonds. The minimum atomic E-state index is -1.03. The molecule has 4 heteroatoms. The van der Waals surface area contributed by atoms with Crippen molar-refractivity contribution in [1.82, 2.24) is 4.57 Å². The van der Waals surface area contributed by atoms with Crippen molar-refractivity contribution in [2.45, 2.75) is 26.6 Å². The number of nitriles is 1. The highest BCUT2D eigenvalue weighted by Gasteiger charge is 2.13. The summed E-state index contributed by atoms with van der Waals surface area (Å²) in [5.74, 6) is 0. The third-order valence-electron chi connectivity index (χ3n) is 3.07. The SMILES string of the molecule is Cc1c(C=O)ccc2c1cc(C#N)n2CC(C)F. The average Bonchev–Trinajstić information content (AvgIpc) is 2.68. The highest BCUT2D eigenvalue weighted by atomic mass is 19.1. The fourth-order valence-corrected chi connectivity index (χ4v) is 2.16. The first-order valence-corrected chi connectivity index (χ1v) is 5.70. The third kappa shape index (κ3) is 1.88. The summed E-state index contributed by atoms with van der Waals surface area (Å²) >= 11 is 0. The Morgan fingerprint density at radius 2 is 2.28 bits per heavy atom. The van der Waals surface area contributed by atoms with Gasteiger partial charge in [-0.05, 0) is 37.6 Å². The number of benzene rings is 1. The lowest BCUT2D eigenvalue weighted by Gasteiger charge is -2.08. The highest BCUT2D eigenvalue weighted by Crippen LogP contribution is 2.25. The molecule has 0 aliphatic rings. The van der Waals surface area contributed by atoms with E-state index in [1.807, 2.05) is 6.92 Å². The van der Waals surface area contributed by atoms with Gasteiger partial charge in [-0.1, -0.05) is 0 Å². The summed E-state index contributed by atoms with van der Waals surface area (Å²) in [5.41, 5.74) is 2.63. The van der Waals surface area contributed by atoms with Gasteiger partial charge < -0.3 is 4.57 Å². The topological polar surface area (TPSA) is 45.8 Å². The van der Waals surface area contributed by atoms with Crippen molar-refractivity contribution in [3.8, 4) is 6.07 Å². The van der Waals surface area contributed by atoms with Crippen molar-refractivity contribution in [2.24, 2.45) is 0 Å². The monoisotopic (exact) mass is 244 g/mol. The molecule has 3 nitrogen and oxygen atoms in total. The van der Waals surface area contributed by atoms with Gasteiger partial charge >= 0.3 is 0 Å². The van der Waals surface area contributed by atoms with E-state index in [0.29, 0.717) is 11.3 Å². The standard InChI is InChI=1S/C14H13FN2O/c1-9(15)7-17-12(6-16)5-13-10(2)11(8-18)3-4-14(13)17/h3-5,8-9H,7H2,1-2H3. The predicted molar refractivity (Wildman–Crippen MR) is 67.3 cm³/mol. The number of aryl methyl sites for hydroxylation is 1. The molecule has 0 saturated carbocycles. The first-order chi connectivity index (χ1) is 8.58. The van der Waals surface area contributed by atoms with Gasteiger partial charge in [-0.2, -0.15) is 5.26 Å². The van der Waals surface area contributed by atoms with Gasteiger partial charge in [0, 0.05) is 16.5 Å². The number of fused-ring (bicyclic) bond motifs is 1. The Morgan fingerprint density at radius 3 is 2.83 bits per heavy atom. The van der Waals surface area contributed by atoms with Crippen molar-refractivity contribution in [3.63, 3.8) is 0 Å². The Labute approximate surface area is 104 Å². The molecule has 1 unspecified atom stereocenters. The van der Waals surface area contributed by atoms with E-state index in [1.54, 1.807) is 22.8 Å². The van der Waals surface area contributed by atoms with E-state index >= 15 is 0 Å². The molecule has 0 aliphatic carbocycles. The molecule has 0 bridgehead atoms. The van der Waals surface area contributed by atoms with Gasteiger partial charge in [0.05, 0.1) is 6.54 Å². The van der Waals surface area contributed by atoms with E-state index in [1.165, 1.54) is 6.92 Å². The van der Waals surface area contributed by atoms with E-state index in [0.717, 1.165) is 22.8 Å². The maximum atomic E-state index is 13.2. The van der Waals surface area contributed by atoms with E-state index in [4.69, 9.17) is 5.26 Å². The molecule has 1 heterocycles. The number of hydrogen-bond acceptors (Lipinski definition) is 2. The van der Waals surface area contributed by atoms with Gasteiger partial charge in [0.2, 0.25) is 0 Å². The van der Waals surface area contributed by atoms with Crippen LogP contribution in [-0.4, -0.2) is 17.0 Å². The average molecular weight is 244 g/mol. The minimum Gasteiger partial charge on any atom is -0.329 e. The summed E-state index contributed by atoms with van der Waals surface area (Å²) in [4.78, 5) is 10.9. The molecule has 0 spiro atoms. The number of aromatic nitrogens is 1. The number of alkyl halides is 1. The summed E-state index contributed by atoms with van der Waals surface area (Å²) in [6, 6.07) is 7.23. The van der Waals surface area contributed by atoms with Crippen molar-refractivity contribution in [2.75, 3.05) is 0 Å². The number of halogens is 1. The first-order valence-electron chi connectivity index (χ1n) is 5.70. The molecular formula is C14H13FN2O. The molecular weight excluding hydrogens is 231 g/mol. The highest BCUT2D eigenvalue weighted by molar-refractivity contribution is 5.92. The van der Waals surface area contributed by atoms with Crippen LogP contribution in [0.1, 0.15) is 28.5 Å². The lowest BCUT2D eigenvalue weighted by molar-refractivity contribution is 0.112. The summed E-state index contributed by atoms with van der Waals surface area (Å²) in [7, 11) is 0. The zero-order valence-electron chi connectivity index (χ0n) is 10.3. The van der Waals surface area contributed by atoms with Gasteiger partial charge in [0.1, 0.15) is 24.2 Å². The molecule has 1 atom stereocenters. The number of hydrogen-bond donors (Lipinski definition) is 0. The molecule has 1 aromatic heterocycles. The Morgan fingerprint density at radius 1 is 1.56 bits per heavy atom. The molecule has 0 aliphatic heterocycles. The molecule has 2 aromatic rings. The Balaban J connectivity index is 2.74. The number of carbonyl (C=O) groups is 1. The number of aldehydes is 1. The van der Waals surface area contributed by atoms with Crippen LogP contribution < -0.4 is 0 Å². The normalized spacial score (nSPS) is 12.3. The van der Waals surface area contributed by atoms with Crippen molar-refractivity contribution in [3.05, 3.63) is 35.0 Å². The zero-order chi connectivity index (χ0) is 13.3. The van der Waals surface area contributed by atoms with Crippen LogP contribution in [0.15, 0.2) is 18.2 Å². The van der Waals surface area contributed by atoms with E-state index in [-0.39, 0.29) is 6.54 Å². The van der Waals surface area contributed by atoms with Gasteiger partial charge in [-0.25, -0.2) is 4.39 Å². The predicted octanol–water partition coefficient (Wildman–Crippen LogP) is 2.99. The van der Waals surface area contributed by atoms with Crippen LogP contribution in [0.5, 0.6) is 0 Å². The van der Waals surface area contributed by atoms with Crippen LogP contribution in [-0.2, 0) is 6.54 Å². The second-order valence-corrected chi connectivity index (χ2v) is 4.36. The smallest absolute Gasteiger partial charge is 0.150 e. The maximum Gasteiger partial charge on any atom is 0.150 e. The van der Waals surface area contributed by atoms with Crippen molar-refractivity contribution < 1.29 is 9.18 Å². The molecule has 0 radical (unpaired) electrons. The van der Waals surface area contributed by atoms with Crippen LogP contribution in [0.4, 0.5) is 4.39 Å². The number of carbonyl (C=O) groups excluding carboxylic acids is 1. The summed E-state index contributed by atoms with van der Waals surface area (Å²) < 4.78 is 14.8. The lowest BCUT2D eigenvalue weighted by Crippen LogP contribution is -2.09. The first kappa shape index (κ1) is 12.3. The van der Waals surface area contributed by atoms with Crippen molar-refractivity contribution >= 4 is 17.2 Å². The van der Waals surface area contributed by atoms with E-state index in [2.05, 4.69) is 6.07 Å². The molecule has 0 N–H and O–H groups in total. The molecule has 0 saturated heterocycles. The largest absolute Gasteiger partial charge is 0.329 e. The van der Waals surface area contributed by atoms with E-state index in [9.17, 15) is 9.18 Å². The molecule has 2 rings (SSSR count). The Hall–Kier alpha value is -2.15. The molecule has 92 valence electrons. The van der Waals surface area contributed by atoms with Crippen LogP contribution in [0, 0.1) is 18.3 Å². The summed E-state index contributed by atoms with van der Waals surface area (Å²) in [5, 5.41) is 9.92. The fourth-order valence-electron chi connectivity index (χ4n) is 2.16. The summed E-state index contributed by atoms with van der Waals surface area (Å²) in [6.07, 6.45) is -0.241. The minimum absolute atomic E-state index is 0.145. The second-order valence-electron chi connectivity index (χ2n) is 4.36. The zero-order valence-corrected chi connectivity index (χ0v) is 10.3. The van der Waals surface area contributed by atoms with Gasteiger partial charge in [0.25, 0.3) is 0 Å². The Bertz CT molecular complexity index is 650. The van der Waals surface area contributed by atoms with Crippen molar-refractivity contribution in [1.29, 1.82) is 5.26 Å².